The molecule has 0 aliphatic carbocycles. The number of hydrogen-bond donors (Lipinski definition) is 1. The Labute approximate surface area is 167 Å². The third kappa shape index (κ3) is 4.28. The van der Waals surface area contributed by atoms with Gasteiger partial charge in [0, 0.05) is 17.6 Å². The molecule has 1 aliphatic rings. The Morgan fingerprint density at radius 1 is 1.29 bits per heavy atom. The lowest BCUT2D eigenvalue weighted by molar-refractivity contribution is 0.102. The Morgan fingerprint density at radius 3 is 2.79 bits per heavy atom. The van der Waals surface area contributed by atoms with Crippen molar-refractivity contribution < 1.29 is 9.18 Å². The number of halogens is 1. The fraction of sp³-hybridized carbons (Fsp3) is 0.350. The summed E-state index contributed by atoms with van der Waals surface area (Å²) in [7, 11) is 0. The zero-order valence-corrected chi connectivity index (χ0v) is 16.5. The summed E-state index contributed by atoms with van der Waals surface area (Å²) in [5, 5.41) is 5.40. The van der Waals surface area contributed by atoms with Gasteiger partial charge < -0.3 is 0 Å². The Bertz CT molecular complexity index is 944. The SMILES string of the molecule is CC1CCN(Cc2csc(NC(=O)c3cncn3-c3ccc(F)cc3)n2)CC1. The molecule has 0 radical (unpaired) electrons. The number of benzene rings is 1. The van der Waals surface area contributed by atoms with E-state index in [2.05, 4.69) is 27.1 Å². The molecule has 0 bridgehead atoms. The number of amides is 1. The number of anilines is 1. The highest BCUT2D eigenvalue weighted by atomic mass is 32.1. The van der Waals surface area contributed by atoms with E-state index in [-0.39, 0.29) is 11.7 Å². The molecular weight excluding hydrogens is 377 g/mol. The van der Waals surface area contributed by atoms with Gasteiger partial charge in [-0.1, -0.05) is 6.92 Å². The molecule has 3 aromatic rings. The number of hydrogen-bond acceptors (Lipinski definition) is 5. The summed E-state index contributed by atoms with van der Waals surface area (Å²) in [5.41, 5.74) is 2.01. The van der Waals surface area contributed by atoms with E-state index < -0.39 is 0 Å². The number of piperidine rings is 1. The lowest BCUT2D eigenvalue weighted by atomic mass is 9.99. The maximum absolute atomic E-state index is 13.1. The van der Waals surface area contributed by atoms with Gasteiger partial charge in [-0.25, -0.2) is 14.4 Å². The van der Waals surface area contributed by atoms with Gasteiger partial charge in [0.1, 0.15) is 11.5 Å². The van der Waals surface area contributed by atoms with Crippen molar-refractivity contribution in [2.75, 3.05) is 18.4 Å². The summed E-state index contributed by atoms with van der Waals surface area (Å²) in [6, 6.07) is 5.92. The number of likely N-dealkylation sites (tertiary alicyclic amines) is 1. The van der Waals surface area contributed by atoms with Crippen LogP contribution < -0.4 is 5.32 Å². The summed E-state index contributed by atoms with van der Waals surface area (Å²) in [5.74, 6) is 0.176. The van der Waals surface area contributed by atoms with Crippen molar-refractivity contribution in [3.8, 4) is 5.69 Å². The number of carbonyl (C=O) groups excluding carboxylic acids is 1. The van der Waals surface area contributed by atoms with E-state index in [1.165, 1.54) is 48.8 Å². The molecule has 1 aliphatic heterocycles. The van der Waals surface area contributed by atoms with E-state index in [0.29, 0.717) is 16.5 Å². The first-order chi connectivity index (χ1) is 13.6. The van der Waals surface area contributed by atoms with Gasteiger partial charge >= 0.3 is 0 Å². The second-order valence-electron chi connectivity index (χ2n) is 7.18. The van der Waals surface area contributed by atoms with Crippen molar-refractivity contribution in [3.05, 3.63) is 59.4 Å². The molecule has 6 nitrogen and oxygen atoms in total. The van der Waals surface area contributed by atoms with Crippen LogP contribution in [0.2, 0.25) is 0 Å². The third-order valence-electron chi connectivity index (χ3n) is 5.01. The van der Waals surface area contributed by atoms with Crippen molar-refractivity contribution >= 4 is 22.4 Å². The van der Waals surface area contributed by atoms with Crippen LogP contribution >= 0.6 is 11.3 Å². The first-order valence-electron chi connectivity index (χ1n) is 9.35. The number of imidazole rings is 1. The molecule has 0 spiro atoms. The highest BCUT2D eigenvalue weighted by Crippen LogP contribution is 2.22. The van der Waals surface area contributed by atoms with E-state index in [1.54, 1.807) is 16.7 Å². The van der Waals surface area contributed by atoms with Crippen LogP contribution in [0.5, 0.6) is 0 Å². The van der Waals surface area contributed by atoms with Crippen molar-refractivity contribution in [3.63, 3.8) is 0 Å². The standard InChI is InChI=1S/C20H22FN5OS/c1-14-6-8-25(9-7-14)11-16-12-28-20(23-16)24-19(27)18-10-22-13-26(18)17-4-2-15(21)3-5-17/h2-5,10,12-14H,6-9,11H2,1H3,(H,23,24,27). The van der Waals surface area contributed by atoms with Gasteiger partial charge in [-0.15, -0.1) is 11.3 Å². The van der Waals surface area contributed by atoms with Gasteiger partial charge in [-0.3, -0.25) is 19.6 Å². The van der Waals surface area contributed by atoms with Crippen molar-refractivity contribution in [1.82, 2.24) is 19.4 Å². The van der Waals surface area contributed by atoms with Crippen LogP contribution in [0.1, 0.15) is 35.9 Å². The van der Waals surface area contributed by atoms with Gasteiger partial charge in [-0.05, 0) is 56.1 Å². The third-order valence-corrected chi connectivity index (χ3v) is 5.82. The quantitative estimate of drug-likeness (QED) is 0.706. The van der Waals surface area contributed by atoms with E-state index in [1.807, 2.05) is 5.38 Å². The van der Waals surface area contributed by atoms with Crippen LogP contribution in [-0.2, 0) is 6.54 Å². The Balaban J connectivity index is 1.42. The Morgan fingerprint density at radius 2 is 2.04 bits per heavy atom. The molecule has 28 heavy (non-hydrogen) atoms. The zero-order chi connectivity index (χ0) is 19.5. The molecular formula is C20H22FN5OS. The number of nitrogens with one attached hydrogen (secondary N) is 1. The molecule has 3 heterocycles. The maximum Gasteiger partial charge on any atom is 0.276 e. The predicted molar refractivity (Wildman–Crippen MR) is 107 cm³/mol. The van der Waals surface area contributed by atoms with E-state index in [9.17, 15) is 9.18 Å². The van der Waals surface area contributed by atoms with Gasteiger partial charge in [-0.2, -0.15) is 0 Å². The maximum atomic E-state index is 13.1. The molecule has 4 rings (SSSR count). The normalized spacial score (nSPS) is 15.6. The van der Waals surface area contributed by atoms with Crippen molar-refractivity contribution in [2.45, 2.75) is 26.3 Å². The van der Waals surface area contributed by atoms with Gasteiger partial charge in [0.2, 0.25) is 0 Å². The Kier molecular flexibility index (Phi) is 5.50. The fourth-order valence-electron chi connectivity index (χ4n) is 3.32. The van der Waals surface area contributed by atoms with Crippen LogP contribution in [0.3, 0.4) is 0 Å². The highest BCUT2D eigenvalue weighted by molar-refractivity contribution is 7.13. The number of nitrogens with zero attached hydrogens (tertiary/aromatic N) is 4. The molecule has 1 saturated heterocycles. The average Bonchev–Trinajstić information content (AvgIpc) is 3.34. The molecule has 0 saturated carbocycles. The second kappa shape index (κ2) is 8.20. The van der Waals surface area contributed by atoms with Gasteiger partial charge in [0.05, 0.1) is 18.2 Å². The topological polar surface area (TPSA) is 63.1 Å². The number of rotatable bonds is 5. The average molecular weight is 399 g/mol. The first-order valence-corrected chi connectivity index (χ1v) is 10.2. The number of carbonyl (C=O) groups is 1. The van der Waals surface area contributed by atoms with Crippen LogP contribution in [0, 0.1) is 11.7 Å². The Hall–Kier alpha value is -2.58. The summed E-state index contributed by atoms with van der Waals surface area (Å²) < 4.78 is 14.8. The predicted octanol–water partition coefficient (Wildman–Crippen LogP) is 3.95. The highest BCUT2D eigenvalue weighted by Gasteiger charge is 2.18. The van der Waals surface area contributed by atoms with Gasteiger partial charge in [0.25, 0.3) is 5.91 Å². The monoisotopic (exact) mass is 399 g/mol. The molecule has 1 aromatic carbocycles. The summed E-state index contributed by atoms with van der Waals surface area (Å²) in [6.45, 7) is 5.30. The molecule has 1 fully saturated rings. The fourth-order valence-corrected chi connectivity index (χ4v) is 4.01. The van der Waals surface area contributed by atoms with E-state index in [0.717, 1.165) is 31.2 Å². The number of thiazole rings is 1. The molecule has 2 aromatic heterocycles. The van der Waals surface area contributed by atoms with Crippen LogP contribution in [0.25, 0.3) is 5.69 Å². The molecule has 8 heteroatoms. The summed E-state index contributed by atoms with van der Waals surface area (Å²) >= 11 is 1.42. The lowest BCUT2D eigenvalue weighted by Crippen LogP contribution is -2.32. The second-order valence-corrected chi connectivity index (χ2v) is 8.04. The molecule has 0 atom stereocenters. The lowest BCUT2D eigenvalue weighted by Gasteiger charge is -2.29. The first kappa shape index (κ1) is 18.8. The minimum absolute atomic E-state index is 0.297. The summed E-state index contributed by atoms with van der Waals surface area (Å²) in [6.07, 6.45) is 5.47. The van der Waals surface area contributed by atoms with E-state index >= 15 is 0 Å². The van der Waals surface area contributed by atoms with Crippen molar-refractivity contribution in [2.24, 2.45) is 5.92 Å². The molecule has 146 valence electrons. The van der Waals surface area contributed by atoms with Gasteiger partial charge in [0.15, 0.2) is 5.13 Å². The van der Waals surface area contributed by atoms with Crippen LogP contribution in [0.15, 0.2) is 42.2 Å². The molecule has 1 amide bonds. The van der Waals surface area contributed by atoms with E-state index in [4.69, 9.17) is 0 Å². The summed E-state index contributed by atoms with van der Waals surface area (Å²) in [4.78, 5) is 23.7. The largest absolute Gasteiger partial charge is 0.297 e. The van der Waals surface area contributed by atoms with Crippen LogP contribution in [0.4, 0.5) is 9.52 Å². The number of aromatic nitrogens is 3. The minimum Gasteiger partial charge on any atom is -0.297 e. The molecule has 1 N–H and O–H groups in total. The smallest absolute Gasteiger partial charge is 0.276 e. The molecule has 0 unspecified atom stereocenters. The zero-order valence-electron chi connectivity index (χ0n) is 15.6. The minimum atomic E-state index is -0.326. The van der Waals surface area contributed by atoms with Crippen molar-refractivity contribution in [1.29, 1.82) is 0 Å². The van der Waals surface area contributed by atoms with Crippen LogP contribution in [-0.4, -0.2) is 38.4 Å².